The number of unbranched alkanes of at least 4 members (excludes halogenated alkanes) is 6. The van der Waals surface area contributed by atoms with Crippen molar-refractivity contribution in [3.05, 3.63) is 0 Å². The van der Waals surface area contributed by atoms with Crippen molar-refractivity contribution in [3.8, 4) is 12.3 Å². The number of terminal acetylenes is 1. The molecular weight excluding hydrogens is 202 g/mol. The minimum Gasteiger partial charge on any atom is -0.395 e. The third-order valence-corrected chi connectivity index (χ3v) is 2.41. The Morgan fingerprint density at radius 1 is 1.12 bits per heavy atom. The molecule has 3 heteroatoms. The molecule has 3 nitrogen and oxygen atoms in total. The predicted molar refractivity (Wildman–Crippen MR) is 65.9 cm³/mol. The summed E-state index contributed by atoms with van der Waals surface area (Å²) in [6, 6.07) is 0. The second-order valence-electron chi connectivity index (χ2n) is 3.90. The number of rotatable bonds is 10. The Labute approximate surface area is 98.6 Å². The molecule has 0 bridgehead atoms. The molecule has 1 amide bonds. The SMILES string of the molecule is C#CCCCCCCCCC(=O)NCCO. The number of aliphatic hydroxyl groups excluding tert-OH is 1. The van der Waals surface area contributed by atoms with Crippen molar-refractivity contribution in [1.29, 1.82) is 0 Å². The molecule has 0 radical (unpaired) electrons. The standard InChI is InChI=1S/C13H23NO2/c1-2-3-4-5-6-7-8-9-10-13(16)14-11-12-15/h1,15H,3-12H2,(H,14,16). The Bertz CT molecular complexity index is 208. The van der Waals surface area contributed by atoms with Crippen LogP contribution in [0.3, 0.4) is 0 Å². The number of carbonyl (C=O) groups is 1. The fourth-order valence-corrected chi connectivity index (χ4v) is 1.50. The van der Waals surface area contributed by atoms with Crippen LogP contribution in [0.25, 0.3) is 0 Å². The average Bonchev–Trinajstić information content (AvgIpc) is 2.30. The van der Waals surface area contributed by atoms with Crippen molar-refractivity contribution in [3.63, 3.8) is 0 Å². The van der Waals surface area contributed by atoms with E-state index in [1.807, 2.05) is 0 Å². The van der Waals surface area contributed by atoms with Crippen LogP contribution < -0.4 is 5.32 Å². The van der Waals surface area contributed by atoms with E-state index in [2.05, 4.69) is 11.2 Å². The summed E-state index contributed by atoms with van der Waals surface area (Å²) in [5.74, 6) is 2.67. The summed E-state index contributed by atoms with van der Waals surface area (Å²) in [5, 5.41) is 11.1. The van der Waals surface area contributed by atoms with E-state index in [0.29, 0.717) is 13.0 Å². The van der Waals surface area contributed by atoms with E-state index in [0.717, 1.165) is 25.7 Å². The number of amides is 1. The molecule has 0 aliphatic rings. The molecule has 0 aliphatic carbocycles. The van der Waals surface area contributed by atoms with Gasteiger partial charge in [0, 0.05) is 19.4 Å². The van der Waals surface area contributed by atoms with Crippen molar-refractivity contribution in [2.24, 2.45) is 0 Å². The average molecular weight is 225 g/mol. The summed E-state index contributed by atoms with van der Waals surface area (Å²) >= 11 is 0. The maximum Gasteiger partial charge on any atom is 0.220 e. The van der Waals surface area contributed by atoms with Gasteiger partial charge in [-0.2, -0.15) is 0 Å². The Hall–Kier alpha value is -1.01. The first-order valence-electron chi connectivity index (χ1n) is 6.12. The molecule has 0 aromatic heterocycles. The van der Waals surface area contributed by atoms with Crippen LogP contribution in [-0.2, 0) is 4.79 Å². The van der Waals surface area contributed by atoms with E-state index >= 15 is 0 Å². The number of hydrogen-bond acceptors (Lipinski definition) is 2. The summed E-state index contributed by atoms with van der Waals surface area (Å²) in [4.78, 5) is 11.1. The first-order chi connectivity index (χ1) is 7.81. The minimum absolute atomic E-state index is 0.0148. The van der Waals surface area contributed by atoms with Gasteiger partial charge in [-0.3, -0.25) is 4.79 Å². The zero-order valence-electron chi connectivity index (χ0n) is 10.0. The molecule has 0 saturated carbocycles. The van der Waals surface area contributed by atoms with Crippen molar-refractivity contribution in [1.82, 2.24) is 5.32 Å². The normalized spacial score (nSPS) is 9.75. The van der Waals surface area contributed by atoms with Gasteiger partial charge in [-0.1, -0.05) is 25.7 Å². The molecule has 0 aliphatic heterocycles. The molecule has 0 heterocycles. The maximum atomic E-state index is 11.1. The molecule has 0 unspecified atom stereocenters. The highest BCUT2D eigenvalue weighted by Crippen LogP contribution is 2.08. The van der Waals surface area contributed by atoms with E-state index in [9.17, 15) is 4.79 Å². The summed E-state index contributed by atoms with van der Waals surface area (Å²) < 4.78 is 0. The van der Waals surface area contributed by atoms with Crippen molar-refractivity contribution < 1.29 is 9.90 Å². The topological polar surface area (TPSA) is 49.3 Å². The molecule has 0 spiro atoms. The van der Waals surface area contributed by atoms with E-state index in [1.54, 1.807) is 0 Å². The van der Waals surface area contributed by atoms with Crippen molar-refractivity contribution in [2.75, 3.05) is 13.2 Å². The van der Waals surface area contributed by atoms with Crippen LogP contribution in [0.15, 0.2) is 0 Å². The second kappa shape index (κ2) is 12.1. The highest BCUT2D eigenvalue weighted by atomic mass is 16.3. The lowest BCUT2D eigenvalue weighted by molar-refractivity contribution is -0.121. The van der Waals surface area contributed by atoms with Gasteiger partial charge in [-0.15, -0.1) is 12.3 Å². The Kier molecular flexibility index (Phi) is 11.3. The fraction of sp³-hybridized carbons (Fsp3) is 0.769. The largest absolute Gasteiger partial charge is 0.395 e. The van der Waals surface area contributed by atoms with Gasteiger partial charge in [0.25, 0.3) is 0 Å². The lowest BCUT2D eigenvalue weighted by atomic mass is 10.1. The Morgan fingerprint density at radius 2 is 1.75 bits per heavy atom. The minimum atomic E-state index is 0.0148. The lowest BCUT2D eigenvalue weighted by Crippen LogP contribution is -2.25. The van der Waals surface area contributed by atoms with E-state index in [4.69, 9.17) is 11.5 Å². The van der Waals surface area contributed by atoms with Crippen LogP contribution in [0.2, 0.25) is 0 Å². The molecule has 0 aromatic carbocycles. The van der Waals surface area contributed by atoms with Crippen LogP contribution in [-0.4, -0.2) is 24.2 Å². The van der Waals surface area contributed by atoms with Gasteiger partial charge in [-0.05, 0) is 12.8 Å². The van der Waals surface area contributed by atoms with Crippen molar-refractivity contribution >= 4 is 5.91 Å². The highest BCUT2D eigenvalue weighted by Gasteiger charge is 1.99. The third-order valence-electron chi connectivity index (χ3n) is 2.41. The van der Waals surface area contributed by atoms with Gasteiger partial charge in [0.2, 0.25) is 5.91 Å². The van der Waals surface area contributed by atoms with Gasteiger partial charge in [0.1, 0.15) is 0 Å². The monoisotopic (exact) mass is 225 g/mol. The van der Waals surface area contributed by atoms with Crippen LogP contribution in [0.4, 0.5) is 0 Å². The number of hydrogen-bond donors (Lipinski definition) is 2. The molecule has 0 rings (SSSR count). The van der Waals surface area contributed by atoms with Gasteiger partial charge >= 0.3 is 0 Å². The molecule has 2 N–H and O–H groups in total. The maximum absolute atomic E-state index is 11.1. The van der Waals surface area contributed by atoms with Crippen LogP contribution in [0.5, 0.6) is 0 Å². The van der Waals surface area contributed by atoms with E-state index < -0.39 is 0 Å². The fourth-order valence-electron chi connectivity index (χ4n) is 1.50. The summed E-state index contributed by atoms with van der Waals surface area (Å²) in [5.41, 5.74) is 0. The number of carbonyl (C=O) groups excluding carboxylic acids is 1. The molecule has 0 atom stereocenters. The predicted octanol–water partition coefficient (Wildman–Crippen LogP) is 1.85. The number of aliphatic hydroxyl groups is 1. The summed E-state index contributed by atoms with van der Waals surface area (Å²) in [6.45, 7) is 0.381. The first-order valence-corrected chi connectivity index (χ1v) is 6.12. The lowest BCUT2D eigenvalue weighted by Gasteiger charge is -2.03. The quantitative estimate of drug-likeness (QED) is 0.440. The van der Waals surface area contributed by atoms with E-state index in [1.165, 1.54) is 19.3 Å². The molecule has 16 heavy (non-hydrogen) atoms. The Morgan fingerprint density at radius 3 is 2.38 bits per heavy atom. The number of nitrogens with one attached hydrogen (secondary N) is 1. The van der Waals surface area contributed by atoms with Crippen LogP contribution in [0.1, 0.15) is 51.4 Å². The zero-order valence-corrected chi connectivity index (χ0v) is 10.0. The molecule has 92 valence electrons. The van der Waals surface area contributed by atoms with Gasteiger partial charge in [0.05, 0.1) is 6.61 Å². The first kappa shape index (κ1) is 15.0. The van der Waals surface area contributed by atoms with Crippen LogP contribution >= 0.6 is 0 Å². The van der Waals surface area contributed by atoms with Gasteiger partial charge < -0.3 is 10.4 Å². The smallest absolute Gasteiger partial charge is 0.220 e. The molecule has 0 saturated heterocycles. The Balaban J connectivity index is 3.09. The molecule has 0 fully saturated rings. The summed E-state index contributed by atoms with van der Waals surface area (Å²) in [6.07, 6.45) is 13.3. The molecule has 0 aromatic rings. The third kappa shape index (κ3) is 11.1. The van der Waals surface area contributed by atoms with Gasteiger partial charge in [-0.25, -0.2) is 0 Å². The zero-order chi connectivity index (χ0) is 12.1. The highest BCUT2D eigenvalue weighted by molar-refractivity contribution is 5.75. The van der Waals surface area contributed by atoms with E-state index in [-0.39, 0.29) is 12.5 Å². The van der Waals surface area contributed by atoms with Crippen molar-refractivity contribution in [2.45, 2.75) is 51.4 Å². The summed E-state index contributed by atoms with van der Waals surface area (Å²) in [7, 11) is 0. The van der Waals surface area contributed by atoms with Gasteiger partial charge in [0.15, 0.2) is 0 Å². The van der Waals surface area contributed by atoms with Crippen LogP contribution in [0, 0.1) is 12.3 Å². The molecular formula is C13H23NO2. The second-order valence-corrected chi connectivity index (χ2v) is 3.90.